The van der Waals surface area contributed by atoms with Crippen LogP contribution >= 0.6 is 0 Å². The zero-order valence-electron chi connectivity index (χ0n) is 13.3. The van der Waals surface area contributed by atoms with E-state index in [1.54, 1.807) is 0 Å². The van der Waals surface area contributed by atoms with Crippen molar-refractivity contribution in [1.29, 1.82) is 0 Å². The number of rotatable bonds is 6. The van der Waals surface area contributed by atoms with E-state index in [9.17, 15) is 0 Å². The highest BCUT2D eigenvalue weighted by Gasteiger charge is 2.12. The lowest BCUT2D eigenvalue weighted by molar-refractivity contribution is 0.150. The fourth-order valence-electron chi connectivity index (χ4n) is 2.22. The van der Waals surface area contributed by atoms with E-state index in [0.29, 0.717) is 0 Å². The number of benzene rings is 1. The van der Waals surface area contributed by atoms with Crippen LogP contribution in [-0.2, 0) is 0 Å². The lowest BCUT2D eigenvalue weighted by atomic mass is 10.2. The average molecular weight is 278 g/mol. The molecule has 1 aliphatic rings. The van der Waals surface area contributed by atoms with E-state index in [1.165, 1.54) is 39.1 Å². The Morgan fingerprint density at radius 3 is 2.25 bits per heavy atom. The topological polar surface area (TPSA) is 15.7 Å². The van der Waals surface area contributed by atoms with Gasteiger partial charge in [-0.25, -0.2) is 0 Å². The summed E-state index contributed by atoms with van der Waals surface area (Å²) in [5.74, 6) is 0.983. The highest BCUT2D eigenvalue weighted by molar-refractivity contribution is 5.20. The Hall–Kier alpha value is -1.06. The molecule has 0 bridgehead atoms. The van der Waals surface area contributed by atoms with Gasteiger partial charge in [-0.05, 0) is 38.6 Å². The van der Waals surface area contributed by atoms with E-state index < -0.39 is 0 Å². The van der Waals surface area contributed by atoms with E-state index in [4.69, 9.17) is 4.74 Å². The Kier molecular flexibility index (Phi) is 9.09. The quantitative estimate of drug-likeness (QED) is 0.744. The fraction of sp³-hybridized carbons (Fsp3) is 0.647. The summed E-state index contributed by atoms with van der Waals surface area (Å²) in [4.78, 5) is 4.96. The molecule has 1 aromatic carbocycles. The van der Waals surface area contributed by atoms with Crippen LogP contribution in [0.25, 0.3) is 0 Å². The maximum Gasteiger partial charge on any atom is 0.119 e. The van der Waals surface area contributed by atoms with Gasteiger partial charge < -0.3 is 14.5 Å². The minimum absolute atomic E-state index is 0.831. The van der Waals surface area contributed by atoms with E-state index in [2.05, 4.69) is 16.8 Å². The van der Waals surface area contributed by atoms with Crippen molar-refractivity contribution in [2.24, 2.45) is 0 Å². The number of ether oxygens (including phenoxy) is 1. The van der Waals surface area contributed by atoms with Crippen molar-refractivity contribution in [3.63, 3.8) is 0 Å². The van der Waals surface area contributed by atoms with Crippen molar-refractivity contribution < 1.29 is 4.74 Å². The zero-order valence-corrected chi connectivity index (χ0v) is 13.3. The number of nitrogens with zero attached hydrogens (tertiary/aromatic N) is 2. The zero-order chi connectivity index (χ0) is 14.6. The van der Waals surface area contributed by atoms with Crippen molar-refractivity contribution in [2.75, 3.05) is 46.4 Å². The van der Waals surface area contributed by atoms with E-state index in [-0.39, 0.29) is 0 Å². The highest BCUT2D eigenvalue weighted by atomic mass is 16.5. The molecule has 0 spiro atoms. The molecule has 3 heteroatoms. The summed E-state index contributed by atoms with van der Waals surface area (Å²) in [6.07, 6.45) is 2.37. The summed E-state index contributed by atoms with van der Waals surface area (Å²) in [5.41, 5.74) is 0. The summed E-state index contributed by atoms with van der Waals surface area (Å²) in [6.45, 7) is 10.9. The lowest BCUT2D eigenvalue weighted by Crippen LogP contribution is -2.44. The number of hydrogen-bond donors (Lipinski definition) is 0. The van der Waals surface area contributed by atoms with Gasteiger partial charge in [0.2, 0.25) is 0 Å². The van der Waals surface area contributed by atoms with Gasteiger partial charge in [-0.1, -0.05) is 32.0 Å². The third kappa shape index (κ3) is 6.92. The van der Waals surface area contributed by atoms with Crippen LogP contribution in [0, 0.1) is 0 Å². The van der Waals surface area contributed by atoms with Crippen LogP contribution in [-0.4, -0.2) is 56.2 Å². The highest BCUT2D eigenvalue weighted by Crippen LogP contribution is 2.09. The minimum atomic E-state index is 0.831. The van der Waals surface area contributed by atoms with Crippen LogP contribution in [0.1, 0.15) is 26.7 Å². The first-order valence-corrected chi connectivity index (χ1v) is 7.93. The molecule has 0 radical (unpaired) electrons. The number of hydrogen-bond acceptors (Lipinski definition) is 3. The molecule has 0 amide bonds. The van der Waals surface area contributed by atoms with Gasteiger partial charge in [0.15, 0.2) is 0 Å². The molecule has 1 saturated heterocycles. The largest absolute Gasteiger partial charge is 0.494 e. The van der Waals surface area contributed by atoms with Gasteiger partial charge >= 0.3 is 0 Å². The van der Waals surface area contributed by atoms with Gasteiger partial charge in [-0.3, -0.25) is 0 Å². The van der Waals surface area contributed by atoms with Crippen LogP contribution in [0.15, 0.2) is 30.3 Å². The molecule has 20 heavy (non-hydrogen) atoms. The molecule has 0 atom stereocenters. The van der Waals surface area contributed by atoms with Crippen LogP contribution in [0.5, 0.6) is 5.75 Å². The molecule has 0 N–H and O–H groups in total. The third-order valence-electron chi connectivity index (χ3n) is 3.48. The molecule has 0 unspecified atom stereocenters. The Labute approximate surface area is 124 Å². The second-order valence-corrected chi connectivity index (χ2v) is 5.01. The second kappa shape index (κ2) is 10.7. The van der Waals surface area contributed by atoms with Gasteiger partial charge in [0.1, 0.15) is 5.75 Å². The monoisotopic (exact) mass is 278 g/mol. The van der Waals surface area contributed by atoms with Crippen molar-refractivity contribution in [1.82, 2.24) is 9.80 Å². The second-order valence-electron chi connectivity index (χ2n) is 5.01. The van der Waals surface area contributed by atoms with Crippen LogP contribution in [0.4, 0.5) is 0 Å². The van der Waals surface area contributed by atoms with Crippen LogP contribution in [0.3, 0.4) is 0 Å². The van der Waals surface area contributed by atoms with Crippen LogP contribution < -0.4 is 4.74 Å². The smallest absolute Gasteiger partial charge is 0.119 e. The average Bonchev–Trinajstić information content (AvgIpc) is 2.52. The van der Waals surface area contributed by atoms with Gasteiger partial charge in [0.25, 0.3) is 0 Å². The first kappa shape index (κ1) is 17.0. The fourth-order valence-corrected chi connectivity index (χ4v) is 2.22. The number of likely N-dealkylation sites (N-methyl/N-ethyl adjacent to an activating group) is 1. The Bertz CT molecular complexity index is 321. The predicted octanol–water partition coefficient (Wildman–Crippen LogP) is 3.12. The molecular weight excluding hydrogens is 248 g/mol. The number of unbranched alkanes of at least 4 members (excludes halogenated alkanes) is 1. The van der Waals surface area contributed by atoms with Crippen molar-refractivity contribution in [3.05, 3.63) is 30.3 Å². The first-order valence-electron chi connectivity index (χ1n) is 7.93. The summed E-state index contributed by atoms with van der Waals surface area (Å²) in [5, 5.41) is 0. The van der Waals surface area contributed by atoms with Crippen molar-refractivity contribution in [3.8, 4) is 5.75 Å². The summed E-state index contributed by atoms with van der Waals surface area (Å²) in [6, 6.07) is 10.1. The normalized spacial score (nSPS) is 16.4. The molecule has 0 saturated carbocycles. The summed E-state index contributed by atoms with van der Waals surface area (Å²) < 4.78 is 5.69. The standard InChI is InChI=1S/C15H24N2O.C2H6/c1-16-10-12-17(13-11-16)9-5-6-14-18-15-7-3-2-4-8-15;1-2/h2-4,7-8H,5-6,9-14H2,1H3;1-2H3. The molecule has 1 fully saturated rings. The SMILES string of the molecule is CC.CN1CCN(CCCCOc2ccccc2)CC1. The minimum Gasteiger partial charge on any atom is -0.494 e. The molecule has 1 aliphatic heterocycles. The lowest BCUT2D eigenvalue weighted by Gasteiger charge is -2.32. The van der Waals surface area contributed by atoms with Gasteiger partial charge in [0.05, 0.1) is 6.61 Å². The Balaban J connectivity index is 0.000000956. The van der Waals surface area contributed by atoms with Crippen molar-refractivity contribution >= 4 is 0 Å². The van der Waals surface area contributed by atoms with Crippen molar-refractivity contribution in [2.45, 2.75) is 26.7 Å². The van der Waals surface area contributed by atoms with Gasteiger partial charge in [0, 0.05) is 26.2 Å². The summed E-state index contributed by atoms with van der Waals surface area (Å²) in [7, 11) is 2.20. The Morgan fingerprint density at radius 1 is 0.950 bits per heavy atom. The molecule has 3 nitrogen and oxygen atoms in total. The molecule has 0 aromatic heterocycles. The molecule has 1 heterocycles. The molecule has 2 rings (SSSR count). The maximum absolute atomic E-state index is 5.69. The molecule has 114 valence electrons. The molecular formula is C17H30N2O. The van der Waals surface area contributed by atoms with Crippen LogP contribution in [0.2, 0.25) is 0 Å². The summed E-state index contributed by atoms with van der Waals surface area (Å²) >= 11 is 0. The molecule has 1 aromatic rings. The maximum atomic E-state index is 5.69. The van der Waals surface area contributed by atoms with Gasteiger partial charge in [-0.2, -0.15) is 0 Å². The number of piperazine rings is 1. The van der Waals surface area contributed by atoms with E-state index >= 15 is 0 Å². The van der Waals surface area contributed by atoms with Gasteiger partial charge in [-0.15, -0.1) is 0 Å². The number of para-hydroxylation sites is 1. The predicted molar refractivity (Wildman–Crippen MR) is 86.5 cm³/mol. The van der Waals surface area contributed by atoms with E-state index in [1.807, 2.05) is 44.2 Å². The Morgan fingerprint density at radius 2 is 1.60 bits per heavy atom. The first-order chi connectivity index (χ1) is 9.84. The molecule has 0 aliphatic carbocycles. The van der Waals surface area contributed by atoms with E-state index in [0.717, 1.165) is 18.8 Å². The third-order valence-corrected chi connectivity index (χ3v) is 3.48.